The first-order valence-corrected chi connectivity index (χ1v) is 9.30. The summed E-state index contributed by atoms with van der Waals surface area (Å²) in [4.78, 5) is 26.3. The quantitative estimate of drug-likeness (QED) is 0.853. The predicted octanol–water partition coefficient (Wildman–Crippen LogP) is 3.35. The van der Waals surface area contributed by atoms with Crippen LogP contribution in [0.15, 0.2) is 48.5 Å². The smallest absolute Gasteiger partial charge is 0.251 e. The van der Waals surface area contributed by atoms with Crippen molar-refractivity contribution in [2.24, 2.45) is 5.92 Å². The van der Waals surface area contributed by atoms with Crippen molar-refractivity contribution in [1.29, 1.82) is 0 Å². The maximum Gasteiger partial charge on any atom is 0.251 e. The molecule has 0 bridgehead atoms. The first-order valence-electron chi connectivity index (χ1n) is 9.30. The van der Waals surface area contributed by atoms with Crippen molar-refractivity contribution < 1.29 is 14.3 Å². The first-order chi connectivity index (χ1) is 13.0. The minimum Gasteiger partial charge on any atom is -0.496 e. The zero-order chi connectivity index (χ0) is 19.4. The second-order valence-corrected chi connectivity index (χ2v) is 7.20. The zero-order valence-electron chi connectivity index (χ0n) is 16.1. The van der Waals surface area contributed by atoms with E-state index in [9.17, 15) is 9.59 Å². The average molecular weight is 366 g/mol. The van der Waals surface area contributed by atoms with Gasteiger partial charge in [-0.15, -0.1) is 0 Å². The highest BCUT2D eigenvalue weighted by Gasteiger charge is 2.31. The number of benzene rings is 2. The highest BCUT2D eigenvalue weighted by molar-refractivity contribution is 5.94. The van der Waals surface area contributed by atoms with Crippen LogP contribution in [-0.2, 0) is 4.79 Å². The lowest BCUT2D eigenvalue weighted by molar-refractivity contribution is -0.129. The summed E-state index contributed by atoms with van der Waals surface area (Å²) in [6.07, 6.45) is 0.505. The van der Waals surface area contributed by atoms with E-state index in [1.54, 1.807) is 7.11 Å². The van der Waals surface area contributed by atoms with E-state index < -0.39 is 0 Å². The minimum atomic E-state index is -0.114. The van der Waals surface area contributed by atoms with Gasteiger partial charge in [0.25, 0.3) is 5.91 Å². The van der Waals surface area contributed by atoms with Crippen molar-refractivity contribution in [2.45, 2.75) is 26.3 Å². The molecule has 1 N–H and O–H groups in total. The molecular formula is C22H26N2O3. The molecule has 1 fully saturated rings. The van der Waals surface area contributed by atoms with Crippen molar-refractivity contribution in [1.82, 2.24) is 10.2 Å². The van der Waals surface area contributed by atoms with Crippen LogP contribution >= 0.6 is 0 Å². The summed E-state index contributed by atoms with van der Waals surface area (Å²) in [7, 11) is 1.65. The predicted molar refractivity (Wildman–Crippen MR) is 106 cm³/mol. The minimum absolute atomic E-state index is 0.114. The third-order valence-corrected chi connectivity index (χ3v) is 4.98. The first kappa shape index (κ1) is 19.0. The average Bonchev–Trinajstić information content (AvgIpc) is 3.07. The summed E-state index contributed by atoms with van der Waals surface area (Å²) in [6.45, 7) is 5.26. The van der Waals surface area contributed by atoms with E-state index in [1.807, 2.05) is 67.3 Å². The monoisotopic (exact) mass is 366 g/mol. The van der Waals surface area contributed by atoms with Gasteiger partial charge in [0.1, 0.15) is 5.75 Å². The number of likely N-dealkylation sites (tertiary alicyclic amines) is 1. The Balaban J connectivity index is 1.61. The van der Waals surface area contributed by atoms with Crippen LogP contribution in [0.25, 0.3) is 11.1 Å². The maximum atomic E-state index is 12.4. The van der Waals surface area contributed by atoms with E-state index in [-0.39, 0.29) is 23.8 Å². The van der Waals surface area contributed by atoms with Gasteiger partial charge in [-0.05, 0) is 37.6 Å². The number of hydrogen-bond acceptors (Lipinski definition) is 3. The molecule has 0 radical (unpaired) electrons. The molecule has 5 nitrogen and oxygen atoms in total. The topological polar surface area (TPSA) is 58.6 Å². The molecule has 0 aromatic heterocycles. The lowest BCUT2D eigenvalue weighted by Crippen LogP contribution is -2.34. The van der Waals surface area contributed by atoms with Gasteiger partial charge in [-0.1, -0.05) is 30.3 Å². The van der Waals surface area contributed by atoms with Crippen LogP contribution in [0, 0.1) is 5.92 Å². The van der Waals surface area contributed by atoms with E-state index in [1.165, 1.54) is 0 Å². The lowest BCUT2D eigenvalue weighted by atomic mass is 10.0. The van der Waals surface area contributed by atoms with Gasteiger partial charge in [0.05, 0.1) is 7.11 Å². The SMILES string of the molecule is COc1ccccc1-c1ccc(C(=O)NCC2CC(=O)N(C(C)C)C2)cc1. The molecule has 0 saturated carbocycles. The van der Waals surface area contributed by atoms with Crippen LogP contribution in [0.1, 0.15) is 30.6 Å². The maximum absolute atomic E-state index is 12.4. The Morgan fingerprint density at radius 2 is 1.89 bits per heavy atom. The largest absolute Gasteiger partial charge is 0.496 e. The highest BCUT2D eigenvalue weighted by Crippen LogP contribution is 2.29. The Kier molecular flexibility index (Phi) is 5.79. The molecule has 1 heterocycles. The van der Waals surface area contributed by atoms with Crippen LogP contribution in [-0.4, -0.2) is 43.0 Å². The molecule has 27 heavy (non-hydrogen) atoms. The van der Waals surface area contributed by atoms with Crippen molar-refractivity contribution in [3.63, 3.8) is 0 Å². The molecular weight excluding hydrogens is 340 g/mol. The summed E-state index contributed by atoms with van der Waals surface area (Å²) in [6, 6.07) is 15.5. The Bertz CT molecular complexity index is 815. The number of carbonyl (C=O) groups excluding carboxylic acids is 2. The number of carbonyl (C=O) groups is 2. The number of nitrogens with zero attached hydrogens (tertiary/aromatic N) is 1. The van der Waals surface area contributed by atoms with Gasteiger partial charge >= 0.3 is 0 Å². The summed E-state index contributed by atoms with van der Waals surface area (Å²) < 4.78 is 5.40. The molecule has 0 aliphatic carbocycles. The fourth-order valence-electron chi connectivity index (χ4n) is 3.47. The molecule has 2 aromatic rings. The van der Waals surface area contributed by atoms with Gasteiger partial charge in [0.15, 0.2) is 0 Å². The molecule has 1 unspecified atom stereocenters. The summed E-state index contributed by atoms with van der Waals surface area (Å²) in [5.41, 5.74) is 2.60. The zero-order valence-corrected chi connectivity index (χ0v) is 16.1. The highest BCUT2D eigenvalue weighted by atomic mass is 16.5. The van der Waals surface area contributed by atoms with Crippen LogP contribution in [0.3, 0.4) is 0 Å². The third kappa shape index (κ3) is 4.30. The molecule has 0 spiro atoms. The summed E-state index contributed by atoms with van der Waals surface area (Å²) in [5, 5.41) is 2.96. The molecule has 1 aliphatic heterocycles. The van der Waals surface area contributed by atoms with Gasteiger partial charge in [-0.2, -0.15) is 0 Å². The summed E-state index contributed by atoms with van der Waals surface area (Å²) in [5.74, 6) is 1.04. The van der Waals surface area contributed by atoms with Crippen molar-refractivity contribution in [3.8, 4) is 16.9 Å². The van der Waals surface area contributed by atoms with Crippen LogP contribution in [0.2, 0.25) is 0 Å². The molecule has 1 aliphatic rings. The molecule has 2 amide bonds. The number of rotatable bonds is 6. The van der Waals surface area contributed by atoms with Gasteiger partial charge in [0.2, 0.25) is 5.91 Å². The molecule has 3 rings (SSSR count). The standard InChI is InChI=1S/C22H26N2O3/c1-15(2)24-14-16(12-21(24)25)13-23-22(26)18-10-8-17(9-11-18)19-6-4-5-7-20(19)27-3/h4-11,15-16H,12-14H2,1-3H3,(H,23,26). The molecule has 1 saturated heterocycles. The molecule has 2 aromatic carbocycles. The van der Waals surface area contributed by atoms with E-state index in [0.717, 1.165) is 16.9 Å². The van der Waals surface area contributed by atoms with Gasteiger partial charge in [-0.3, -0.25) is 9.59 Å². The van der Waals surface area contributed by atoms with Crippen LogP contribution < -0.4 is 10.1 Å². The van der Waals surface area contributed by atoms with Gasteiger partial charge in [-0.25, -0.2) is 0 Å². The third-order valence-electron chi connectivity index (χ3n) is 4.98. The number of amides is 2. The number of nitrogens with one attached hydrogen (secondary N) is 1. The van der Waals surface area contributed by atoms with Crippen molar-refractivity contribution >= 4 is 11.8 Å². The van der Waals surface area contributed by atoms with Crippen LogP contribution in [0.5, 0.6) is 5.75 Å². The second-order valence-electron chi connectivity index (χ2n) is 7.20. The number of ether oxygens (including phenoxy) is 1. The number of methoxy groups -OCH3 is 1. The van der Waals surface area contributed by atoms with Crippen molar-refractivity contribution in [3.05, 3.63) is 54.1 Å². The Morgan fingerprint density at radius 1 is 1.19 bits per heavy atom. The van der Waals surface area contributed by atoms with Gasteiger partial charge < -0.3 is 15.0 Å². The van der Waals surface area contributed by atoms with Crippen LogP contribution in [0.4, 0.5) is 0 Å². The fraction of sp³-hybridized carbons (Fsp3) is 0.364. The molecule has 142 valence electrons. The molecule has 5 heteroatoms. The summed E-state index contributed by atoms with van der Waals surface area (Å²) >= 11 is 0. The Labute approximate surface area is 160 Å². The van der Waals surface area contributed by atoms with E-state index >= 15 is 0 Å². The second kappa shape index (κ2) is 8.25. The van der Waals surface area contributed by atoms with E-state index in [4.69, 9.17) is 4.74 Å². The van der Waals surface area contributed by atoms with Crippen molar-refractivity contribution in [2.75, 3.05) is 20.2 Å². The normalized spacial score (nSPS) is 16.7. The van der Waals surface area contributed by atoms with Gasteiger partial charge in [0, 0.05) is 42.6 Å². The number of para-hydroxylation sites is 1. The Hall–Kier alpha value is -2.82. The van der Waals surface area contributed by atoms with E-state index in [0.29, 0.717) is 25.1 Å². The fourth-order valence-corrected chi connectivity index (χ4v) is 3.47. The number of hydrogen-bond donors (Lipinski definition) is 1. The lowest BCUT2D eigenvalue weighted by Gasteiger charge is -2.21. The Morgan fingerprint density at radius 3 is 2.52 bits per heavy atom. The van der Waals surface area contributed by atoms with E-state index in [2.05, 4.69) is 5.32 Å². The molecule has 1 atom stereocenters.